The van der Waals surface area contributed by atoms with Crippen LogP contribution in [0.5, 0.6) is 0 Å². The summed E-state index contributed by atoms with van der Waals surface area (Å²) in [6.07, 6.45) is 0.183. The Bertz CT molecular complexity index is 874. The Labute approximate surface area is 158 Å². The largest absolute Gasteiger partial charge is 0.382 e. The summed E-state index contributed by atoms with van der Waals surface area (Å²) in [5, 5.41) is 6.83. The van der Waals surface area contributed by atoms with Crippen LogP contribution in [-0.2, 0) is 20.8 Å². The highest BCUT2D eigenvalue weighted by Crippen LogP contribution is 2.28. The van der Waals surface area contributed by atoms with E-state index in [0.29, 0.717) is 12.3 Å². The molecular weight excluding hydrogens is 342 g/mol. The second-order valence-corrected chi connectivity index (χ2v) is 6.55. The van der Waals surface area contributed by atoms with Crippen LogP contribution in [0, 0.1) is 0 Å². The van der Waals surface area contributed by atoms with Crippen molar-refractivity contribution in [3.63, 3.8) is 0 Å². The molecular formula is C21H23N3O3. The van der Waals surface area contributed by atoms with Gasteiger partial charge in [-0.05, 0) is 49.6 Å². The van der Waals surface area contributed by atoms with Crippen molar-refractivity contribution in [3.8, 4) is 0 Å². The zero-order chi connectivity index (χ0) is 19.4. The zero-order valence-corrected chi connectivity index (χ0v) is 15.7. The van der Waals surface area contributed by atoms with Gasteiger partial charge in [0.2, 0.25) is 12.0 Å². The van der Waals surface area contributed by atoms with Crippen molar-refractivity contribution < 1.29 is 14.4 Å². The normalized spacial score (nSPS) is 14.5. The molecule has 0 fully saturated rings. The fourth-order valence-electron chi connectivity index (χ4n) is 3.04. The molecule has 2 aromatic carbocycles. The second-order valence-electron chi connectivity index (χ2n) is 6.55. The monoisotopic (exact) mass is 365 g/mol. The second kappa shape index (κ2) is 8.03. The molecule has 2 amide bonds. The third-order valence-electron chi connectivity index (χ3n) is 4.47. The highest BCUT2D eigenvalue weighted by molar-refractivity contribution is 6.00. The summed E-state index contributed by atoms with van der Waals surface area (Å²) < 4.78 is 0. The van der Waals surface area contributed by atoms with Gasteiger partial charge in [0, 0.05) is 24.8 Å². The van der Waals surface area contributed by atoms with Crippen LogP contribution in [0.25, 0.3) is 0 Å². The van der Waals surface area contributed by atoms with Gasteiger partial charge in [0.25, 0.3) is 5.91 Å². The molecule has 27 heavy (non-hydrogen) atoms. The minimum absolute atomic E-state index is 0.0995. The van der Waals surface area contributed by atoms with Crippen LogP contribution in [0.2, 0.25) is 0 Å². The number of carbonyl (C=O) groups excluding carboxylic acids is 2. The van der Waals surface area contributed by atoms with Gasteiger partial charge in [-0.25, -0.2) is 0 Å². The van der Waals surface area contributed by atoms with Gasteiger partial charge in [-0.1, -0.05) is 35.5 Å². The predicted octanol–water partition coefficient (Wildman–Crippen LogP) is 3.36. The number of carbonyl (C=O) groups is 2. The quantitative estimate of drug-likeness (QED) is 0.652. The van der Waals surface area contributed by atoms with Crippen LogP contribution < -0.4 is 10.2 Å². The third kappa shape index (κ3) is 4.34. The van der Waals surface area contributed by atoms with Crippen molar-refractivity contribution in [2.24, 2.45) is 5.16 Å². The van der Waals surface area contributed by atoms with Crippen molar-refractivity contribution in [2.75, 3.05) is 16.8 Å². The summed E-state index contributed by atoms with van der Waals surface area (Å²) >= 11 is 0. The van der Waals surface area contributed by atoms with Gasteiger partial charge in [0.05, 0.1) is 5.71 Å². The van der Waals surface area contributed by atoms with Crippen LogP contribution in [0.3, 0.4) is 0 Å². The Kier molecular flexibility index (Phi) is 5.54. The topological polar surface area (TPSA) is 71.0 Å². The van der Waals surface area contributed by atoms with Crippen LogP contribution >= 0.6 is 0 Å². The standard InChI is InChI=1S/C21H23N3O3/c1-14(17-8-10-19(11-9-17)22-16(3)25)23-27-15(2)21(26)24-13-12-18-6-4-5-7-20(18)24/h4-11,15H,12-13H2,1-3H3,(H,22,25). The van der Waals surface area contributed by atoms with Crippen LogP contribution in [-0.4, -0.2) is 30.2 Å². The summed E-state index contributed by atoms with van der Waals surface area (Å²) in [7, 11) is 0. The number of nitrogens with zero attached hydrogens (tertiary/aromatic N) is 2. The lowest BCUT2D eigenvalue weighted by Gasteiger charge is -2.20. The van der Waals surface area contributed by atoms with Crippen molar-refractivity contribution >= 4 is 28.9 Å². The van der Waals surface area contributed by atoms with Crippen LogP contribution in [0.15, 0.2) is 53.7 Å². The molecule has 1 aliphatic heterocycles. The van der Waals surface area contributed by atoms with Gasteiger partial charge in [-0.15, -0.1) is 0 Å². The SMILES string of the molecule is CC(=O)Nc1ccc(C(C)=NOC(C)C(=O)N2CCc3ccccc32)cc1. The number of rotatable bonds is 5. The van der Waals surface area contributed by atoms with E-state index < -0.39 is 6.10 Å². The number of nitrogens with one attached hydrogen (secondary N) is 1. The molecule has 0 aliphatic carbocycles. The maximum absolute atomic E-state index is 12.7. The van der Waals surface area contributed by atoms with E-state index in [4.69, 9.17) is 4.84 Å². The first-order valence-electron chi connectivity index (χ1n) is 8.93. The van der Waals surface area contributed by atoms with E-state index in [1.54, 1.807) is 24.0 Å². The van der Waals surface area contributed by atoms with E-state index in [9.17, 15) is 9.59 Å². The minimum atomic E-state index is -0.676. The number of benzene rings is 2. The van der Waals surface area contributed by atoms with E-state index in [-0.39, 0.29) is 11.8 Å². The number of hydrogen-bond donors (Lipinski definition) is 1. The Morgan fingerprint density at radius 1 is 1.11 bits per heavy atom. The Morgan fingerprint density at radius 3 is 2.52 bits per heavy atom. The number of hydrogen-bond acceptors (Lipinski definition) is 4. The van der Waals surface area contributed by atoms with Crippen molar-refractivity contribution in [1.82, 2.24) is 0 Å². The van der Waals surface area contributed by atoms with Gasteiger partial charge >= 0.3 is 0 Å². The number of oxime groups is 1. The molecule has 1 N–H and O–H groups in total. The minimum Gasteiger partial charge on any atom is -0.382 e. The summed E-state index contributed by atoms with van der Waals surface area (Å²) in [5.74, 6) is -0.218. The molecule has 0 radical (unpaired) electrons. The van der Waals surface area contributed by atoms with E-state index >= 15 is 0 Å². The molecule has 0 saturated carbocycles. The average Bonchev–Trinajstić information content (AvgIpc) is 3.09. The smallest absolute Gasteiger partial charge is 0.270 e. The molecule has 1 aliphatic rings. The summed E-state index contributed by atoms with van der Waals surface area (Å²) in [5.41, 5.74) is 4.36. The Morgan fingerprint density at radius 2 is 1.81 bits per heavy atom. The first-order valence-corrected chi connectivity index (χ1v) is 8.93. The van der Waals surface area contributed by atoms with Crippen LogP contribution in [0.4, 0.5) is 11.4 Å². The fraction of sp³-hybridized carbons (Fsp3) is 0.286. The molecule has 1 atom stereocenters. The average molecular weight is 365 g/mol. The molecule has 6 heteroatoms. The molecule has 140 valence electrons. The zero-order valence-electron chi connectivity index (χ0n) is 15.7. The van der Waals surface area contributed by atoms with Crippen molar-refractivity contribution in [3.05, 3.63) is 59.7 Å². The summed E-state index contributed by atoms with van der Waals surface area (Å²) in [6, 6.07) is 15.2. The highest BCUT2D eigenvalue weighted by Gasteiger charge is 2.28. The molecule has 1 unspecified atom stereocenters. The molecule has 1 heterocycles. The van der Waals surface area contributed by atoms with Gasteiger partial charge in [-0.2, -0.15) is 0 Å². The first-order chi connectivity index (χ1) is 13.0. The van der Waals surface area contributed by atoms with Gasteiger partial charge < -0.3 is 15.1 Å². The first kappa shape index (κ1) is 18.6. The Balaban J connectivity index is 1.63. The lowest BCUT2D eigenvalue weighted by Crippen LogP contribution is -2.37. The van der Waals surface area contributed by atoms with Crippen molar-refractivity contribution in [1.29, 1.82) is 0 Å². The van der Waals surface area contributed by atoms with Gasteiger partial charge in [-0.3, -0.25) is 9.59 Å². The van der Waals surface area contributed by atoms with E-state index in [1.165, 1.54) is 12.5 Å². The number of para-hydroxylation sites is 1. The van der Waals surface area contributed by atoms with E-state index in [2.05, 4.69) is 10.5 Å². The van der Waals surface area contributed by atoms with Crippen LogP contribution in [0.1, 0.15) is 31.9 Å². The molecule has 3 rings (SSSR count). The summed E-state index contributed by atoms with van der Waals surface area (Å²) in [4.78, 5) is 31.0. The molecule has 6 nitrogen and oxygen atoms in total. The molecule has 2 aromatic rings. The molecule has 0 aromatic heterocycles. The lowest BCUT2D eigenvalue weighted by molar-refractivity contribution is -0.128. The lowest BCUT2D eigenvalue weighted by atomic mass is 10.1. The third-order valence-corrected chi connectivity index (χ3v) is 4.47. The number of amides is 2. The maximum Gasteiger partial charge on any atom is 0.270 e. The van der Waals surface area contributed by atoms with E-state index in [1.807, 2.05) is 43.3 Å². The fourth-order valence-corrected chi connectivity index (χ4v) is 3.04. The molecule has 0 saturated heterocycles. The molecule has 0 spiro atoms. The van der Waals surface area contributed by atoms with E-state index in [0.717, 1.165) is 23.4 Å². The number of anilines is 2. The highest BCUT2D eigenvalue weighted by atomic mass is 16.6. The Hall–Kier alpha value is -3.15. The molecule has 0 bridgehead atoms. The summed E-state index contributed by atoms with van der Waals surface area (Å²) in [6.45, 7) is 5.65. The maximum atomic E-state index is 12.7. The van der Waals surface area contributed by atoms with Crippen molar-refractivity contribution in [2.45, 2.75) is 33.3 Å². The predicted molar refractivity (Wildman–Crippen MR) is 106 cm³/mol. The number of fused-ring (bicyclic) bond motifs is 1. The van der Waals surface area contributed by atoms with Gasteiger partial charge in [0.15, 0.2) is 0 Å². The van der Waals surface area contributed by atoms with Gasteiger partial charge in [0.1, 0.15) is 0 Å².